The van der Waals surface area contributed by atoms with E-state index >= 15 is 0 Å². The SMILES string of the molecule is CC(C)N(CCCCl)S(=O)(=O)c1cc(F)ccc1F. The Morgan fingerprint density at radius 1 is 1.32 bits per heavy atom. The van der Waals surface area contributed by atoms with E-state index in [9.17, 15) is 17.2 Å². The molecule has 108 valence electrons. The molecule has 0 N–H and O–H groups in total. The second-order valence-electron chi connectivity index (χ2n) is 4.33. The van der Waals surface area contributed by atoms with Crippen molar-refractivity contribution in [3.63, 3.8) is 0 Å². The van der Waals surface area contributed by atoms with Crippen molar-refractivity contribution in [1.82, 2.24) is 4.31 Å². The predicted molar refractivity (Wildman–Crippen MR) is 70.7 cm³/mol. The van der Waals surface area contributed by atoms with Crippen LogP contribution in [0.25, 0.3) is 0 Å². The Hall–Kier alpha value is -0.720. The molecule has 0 radical (unpaired) electrons. The van der Waals surface area contributed by atoms with Crippen LogP contribution in [0.4, 0.5) is 8.78 Å². The highest BCUT2D eigenvalue weighted by Crippen LogP contribution is 2.22. The molecule has 1 aromatic carbocycles. The van der Waals surface area contributed by atoms with E-state index in [0.717, 1.165) is 16.4 Å². The molecule has 1 rings (SSSR count). The molecule has 0 aromatic heterocycles. The highest BCUT2D eigenvalue weighted by atomic mass is 35.5. The van der Waals surface area contributed by atoms with Gasteiger partial charge in [0, 0.05) is 18.5 Å². The van der Waals surface area contributed by atoms with Crippen LogP contribution in [-0.4, -0.2) is 31.2 Å². The predicted octanol–water partition coefficient (Wildman–Crippen LogP) is 2.99. The van der Waals surface area contributed by atoms with Crippen molar-refractivity contribution in [2.75, 3.05) is 12.4 Å². The lowest BCUT2D eigenvalue weighted by atomic mass is 10.3. The second kappa shape index (κ2) is 6.63. The van der Waals surface area contributed by atoms with Crippen LogP contribution in [0.5, 0.6) is 0 Å². The first-order valence-corrected chi connectivity index (χ1v) is 7.81. The molecule has 0 aliphatic heterocycles. The van der Waals surface area contributed by atoms with Crippen molar-refractivity contribution in [2.24, 2.45) is 0 Å². The molecule has 0 aliphatic rings. The minimum Gasteiger partial charge on any atom is -0.207 e. The molecule has 0 unspecified atom stereocenters. The number of nitrogens with zero attached hydrogens (tertiary/aromatic N) is 1. The van der Waals surface area contributed by atoms with Crippen LogP contribution in [0.15, 0.2) is 23.1 Å². The summed E-state index contributed by atoms with van der Waals surface area (Å²) in [5.41, 5.74) is 0. The summed E-state index contributed by atoms with van der Waals surface area (Å²) in [6, 6.07) is 2.02. The van der Waals surface area contributed by atoms with Crippen molar-refractivity contribution < 1.29 is 17.2 Å². The van der Waals surface area contributed by atoms with Gasteiger partial charge in [0.1, 0.15) is 16.5 Å². The standard InChI is InChI=1S/C12H16ClF2NO2S/c1-9(2)16(7-3-6-13)19(17,18)12-8-10(14)4-5-11(12)15/h4-5,8-9H,3,6-7H2,1-2H3. The van der Waals surface area contributed by atoms with E-state index in [2.05, 4.69) is 0 Å². The van der Waals surface area contributed by atoms with E-state index < -0.39 is 26.6 Å². The summed E-state index contributed by atoms with van der Waals surface area (Å²) in [5.74, 6) is -1.45. The fraction of sp³-hybridized carbons (Fsp3) is 0.500. The molecule has 0 saturated carbocycles. The topological polar surface area (TPSA) is 37.4 Å². The molecule has 0 bridgehead atoms. The van der Waals surface area contributed by atoms with Crippen molar-refractivity contribution in [1.29, 1.82) is 0 Å². The number of hydrogen-bond acceptors (Lipinski definition) is 2. The Morgan fingerprint density at radius 3 is 2.47 bits per heavy atom. The smallest absolute Gasteiger partial charge is 0.207 e. The van der Waals surface area contributed by atoms with Crippen LogP contribution in [0.3, 0.4) is 0 Å². The quantitative estimate of drug-likeness (QED) is 0.757. The van der Waals surface area contributed by atoms with E-state index in [-0.39, 0.29) is 12.6 Å². The van der Waals surface area contributed by atoms with E-state index in [0.29, 0.717) is 18.4 Å². The minimum atomic E-state index is -4.07. The molecule has 0 amide bonds. The van der Waals surface area contributed by atoms with E-state index in [1.54, 1.807) is 13.8 Å². The number of sulfonamides is 1. The van der Waals surface area contributed by atoms with Crippen molar-refractivity contribution in [3.05, 3.63) is 29.8 Å². The molecule has 0 spiro atoms. The monoisotopic (exact) mass is 311 g/mol. The number of hydrogen-bond donors (Lipinski definition) is 0. The first kappa shape index (κ1) is 16.3. The van der Waals surface area contributed by atoms with Gasteiger partial charge in [-0.25, -0.2) is 17.2 Å². The third-order valence-electron chi connectivity index (χ3n) is 2.57. The van der Waals surface area contributed by atoms with E-state index in [1.807, 2.05) is 0 Å². The average molecular weight is 312 g/mol. The molecule has 0 aliphatic carbocycles. The molecule has 0 atom stereocenters. The molecular weight excluding hydrogens is 296 g/mol. The lowest BCUT2D eigenvalue weighted by Crippen LogP contribution is -2.38. The highest BCUT2D eigenvalue weighted by molar-refractivity contribution is 7.89. The van der Waals surface area contributed by atoms with Crippen molar-refractivity contribution >= 4 is 21.6 Å². The zero-order valence-corrected chi connectivity index (χ0v) is 12.3. The normalized spacial score (nSPS) is 12.4. The highest BCUT2D eigenvalue weighted by Gasteiger charge is 2.29. The van der Waals surface area contributed by atoms with Gasteiger partial charge in [-0.2, -0.15) is 4.31 Å². The minimum absolute atomic E-state index is 0.166. The Labute approximate surface area is 117 Å². The van der Waals surface area contributed by atoms with Crippen LogP contribution < -0.4 is 0 Å². The zero-order valence-electron chi connectivity index (χ0n) is 10.7. The fourth-order valence-corrected chi connectivity index (χ4v) is 3.55. The van der Waals surface area contributed by atoms with Crippen molar-refractivity contribution in [3.8, 4) is 0 Å². The first-order chi connectivity index (χ1) is 8.80. The maximum absolute atomic E-state index is 13.6. The molecule has 0 saturated heterocycles. The number of rotatable bonds is 6. The lowest BCUT2D eigenvalue weighted by Gasteiger charge is -2.25. The van der Waals surface area contributed by atoms with Crippen LogP contribution in [0.1, 0.15) is 20.3 Å². The van der Waals surface area contributed by atoms with Gasteiger partial charge in [0.05, 0.1) is 0 Å². The fourth-order valence-electron chi connectivity index (χ4n) is 1.67. The number of benzene rings is 1. The van der Waals surface area contributed by atoms with Crippen LogP contribution >= 0.6 is 11.6 Å². The van der Waals surface area contributed by atoms with Gasteiger partial charge in [-0.05, 0) is 38.5 Å². The third kappa shape index (κ3) is 3.87. The maximum Gasteiger partial charge on any atom is 0.246 e. The summed E-state index contributed by atoms with van der Waals surface area (Å²) in [4.78, 5) is -0.643. The maximum atomic E-state index is 13.6. The number of alkyl halides is 1. The summed E-state index contributed by atoms with van der Waals surface area (Å²) >= 11 is 5.55. The second-order valence-corrected chi connectivity index (χ2v) is 6.56. The molecule has 19 heavy (non-hydrogen) atoms. The van der Waals surface area contributed by atoms with Gasteiger partial charge in [-0.1, -0.05) is 0 Å². The van der Waals surface area contributed by atoms with Gasteiger partial charge in [-0.3, -0.25) is 0 Å². The van der Waals surface area contributed by atoms with Gasteiger partial charge in [-0.15, -0.1) is 11.6 Å². The van der Waals surface area contributed by atoms with Gasteiger partial charge in [0.25, 0.3) is 0 Å². The third-order valence-corrected chi connectivity index (χ3v) is 4.93. The average Bonchev–Trinajstić information content (AvgIpc) is 2.32. The van der Waals surface area contributed by atoms with Gasteiger partial charge < -0.3 is 0 Å². The van der Waals surface area contributed by atoms with Crippen molar-refractivity contribution in [2.45, 2.75) is 31.2 Å². The summed E-state index contributed by atoms with van der Waals surface area (Å²) in [5, 5.41) is 0. The Bertz CT molecular complexity index is 535. The Morgan fingerprint density at radius 2 is 1.95 bits per heavy atom. The summed E-state index contributed by atoms with van der Waals surface area (Å²) in [7, 11) is -4.07. The van der Waals surface area contributed by atoms with Gasteiger partial charge in [0.2, 0.25) is 10.0 Å². The zero-order chi connectivity index (χ0) is 14.6. The van der Waals surface area contributed by atoms with Crippen LogP contribution in [-0.2, 0) is 10.0 Å². The Balaban J connectivity index is 3.22. The summed E-state index contributed by atoms with van der Waals surface area (Å²) in [6.07, 6.45) is 0.440. The number of halogens is 3. The molecule has 3 nitrogen and oxygen atoms in total. The van der Waals surface area contributed by atoms with Gasteiger partial charge >= 0.3 is 0 Å². The van der Waals surface area contributed by atoms with Crippen LogP contribution in [0.2, 0.25) is 0 Å². The molecular formula is C12H16ClF2NO2S. The molecule has 0 fully saturated rings. The molecule has 7 heteroatoms. The molecule has 0 heterocycles. The van der Waals surface area contributed by atoms with E-state index in [4.69, 9.17) is 11.6 Å². The molecule has 1 aromatic rings. The largest absolute Gasteiger partial charge is 0.246 e. The van der Waals surface area contributed by atoms with Gasteiger partial charge in [0.15, 0.2) is 0 Å². The van der Waals surface area contributed by atoms with E-state index in [1.165, 1.54) is 0 Å². The summed E-state index contributed by atoms with van der Waals surface area (Å²) < 4.78 is 52.5. The van der Waals surface area contributed by atoms with Crippen LogP contribution in [0, 0.1) is 11.6 Å². The Kier molecular flexibility index (Phi) is 5.70. The summed E-state index contributed by atoms with van der Waals surface area (Å²) in [6.45, 7) is 3.51. The first-order valence-electron chi connectivity index (χ1n) is 5.83. The lowest BCUT2D eigenvalue weighted by molar-refractivity contribution is 0.352.